The van der Waals surface area contributed by atoms with Crippen LogP contribution in [0.25, 0.3) is 66.8 Å². The van der Waals surface area contributed by atoms with Crippen LogP contribution in [-0.2, 0) is 10.8 Å². The smallest absolute Gasteiger partial charge is 0.115 e. The van der Waals surface area contributed by atoms with Gasteiger partial charge in [0.2, 0.25) is 0 Å². The SMILES string of the molecule is CC1(C)c2ccccc2N2c3ccccc3C3(c4ccccc4-c4nc5c(-c6ccc(N(c7ccccc7)c7ccccc7)cc6)c6nsnc6c(-c6ccc(N(c7ccccc7)c7ccccc7)cc6)c5nc4-c4ccccc43)c3cccc1c32. The molecular formula is C78H53N7S. The molecule has 0 bridgehead atoms. The van der Waals surface area contributed by atoms with Crippen molar-refractivity contribution in [3.8, 4) is 44.8 Å². The normalized spacial score (nSPS) is 13.6. The molecule has 17 rings (SSSR count). The first-order chi connectivity index (χ1) is 42.5. The summed E-state index contributed by atoms with van der Waals surface area (Å²) in [6.07, 6.45) is 0. The molecule has 0 unspecified atom stereocenters. The monoisotopic (exact) mass is 1120 g/mol. The molecule has 0 saturated heterocycles. The standard InChI is InChI=1S/C78H53N7S/c1-77(2)62-36-19-21-40-66(62)85-67-41-22-20-37-63(67)78(65-39-23-38-64(77)76(65)85)60-34-17-15-32-58(60)70-71(59-33-16-18-35-61(59)78)80-73-69(51-44-48-57(49-45-51)84(54-28-11-5-12-29-54)55-30-13-6-14-31-55)75-74(81-86-82-75)68(72(73)79-70)50-42-46-56(47-43-50)83(52-24-7-3-8-25-52)53-26-9-4-10-27-53/h3-49H,1-2H3. The summed E-state index contributed by atoms with van der Waals surface area (Å²) >= 11 is 1.23. The average Bonchev–Trinajstić information content (AvgIpc) is 1.10. The van der Waals surface area contributed by atoms with Crippen molar-refractivity contribution in [2.45, 2.75) is 24.7 Å². The summed E-state index contributed by atoms with van der Waals surface area (Å²) in [4.78, 5) is 19.4. The Balaban J connectivity index is 0.945. The number of benzene rings is 12. The quantitative estimate of drug-likeness (QED) is 0.150. The molecule has 2 aliphatic heterocycles. The molecular weight excluding hydrogens is 1070 g/mol. The van der Waals surface area contributed by atoms with Crippen LogP contribution < -0.4 is 14.7 Å². The molecule has 86 heavy (non-hydrogen) atoms. The van der Waals surface area contributed by atoms with Crippen LogP contribution in [0.4, 0.5) is 51.2 Å². The van der Waals surface area contributed by atoms with Crippen LogP contribution in [0, 0.1) is 0 Å². The van der Waals surface area contributed by atoms with Gasteiger partial charge in [0.1, 0.15) is 22.1 Å². The first-order valence-electron chi connectivity index (χ1n) is 29.3. The minimum absolute atomic E-state index is 0.291. The highest BCUT2D eigenvalue weighted by atomic mass is 32.1. The van der Waals surface area contributed by atoms with Gasteiger partial charge in [-0.1, -0.05) is 214 Å². The number of hydrogen-bond donors (Lipinski definition) is 0. The highest BCUT2D eigenvalue weighted by molar-refractivity contribution is 7.00. The number of fused-ring (bicyclic) bond motifs is 15. The van der Waals surface area contributed by atoms with E-state index < -0.39 is 5.41 Å². The van der Waals surface area contributed by atoms with E-state index in [1.807, 2.05) is 0 Å². The largest absolute Gasteiger partial charge is 0.311 e. The van der Waals surface area contributed by atoms with Gasteiger partial charge in [0, 0.05) is 61.8 Å². The fourth-order valence-corrected chi connectivity index (χ4v) is 15.0. The second-order valence-electron chi connectivity index (χ2n) is 23.0. The molecule has 406 valence electrons. The van der Waals surface area contributed by atoms with Crippen LogP contribution in [0.2, 0.25) is 0 Å². The van der Waals surface area contributed by atoms with Crippen molar-refractivity contribution in [3.63, 3.8) is 0 Å². The van der Waals surface area contributed by atoms with E-state index in [1.54, 1.807) is 0 Å². The molecule has 7 nitrogen and oxygen atoms in total. The van der Waals surface area contributed by atoms with E-state index in [0.29, 0.717) is 0 Å². The summed E-state index contributed by atoms with van der Waals surface area (Å²) in [7, 11) is 0. The zero-order valence-corrected chi connectivity index (χ0v) is 48.0. The fraction of sp³-hybridized carbons (Fsp3) is 0.0513. The third-order valence-corrected chi connectivity index (χ3v) is 18.6. The van der Waals surface area contributed by atoms with Gasteiger partial charge in [0.25, 0.3) is 0 Å². The van der Waals surface area contributed by atoms with Crippen LogP contribution in [0.15, 0.2) is 285 Å². The first kappa shape index (κ1) is 49.8. The van der Waals surface area contributed by atoms with Crippen molar-refractivity contribution in [3.05, 3.63) is 318 Å². The summed E-state index contributed by atoms with van der Waals surface area (Å²) in [6, 6.07) is 103. The zero-order chi connectivity index (χ0) is 57.1. The van der Waals surface area contributed by atoms with Gasteiger partial charge >= 0.3 is 0 Å². The molecule has 4 heterocycles. The van der Waals surface area contributed by atoms with Crippen LogP contribution in [0.1, 0.15) is 47.2 Å². The topological polar surface area (TPSA) is 61.3 Å². The van der Waals surface area contributed by atoms with E-state index in [0.717, 1.165) is 118 Å². The molecule has 8 heteroatoms. The zero-order valence-electron chi connectivity index (χ0n) is 47.2. The van der Waals surface area contributed by atoms with E-state index in [4.69, 9.17) is 18.7 Å². The lowest BCUT2D eigenvalue weighted by Gasteiger charge is -2.51. The maximum Gasteiger partial charge on any atom is 0.115 e. The molecule has 0 radical (unpaired) electrons. The Morgan fingerprint density at radius 1 is 0.314 bits per heavy atom. The van der Waals surface area contributed by atoms with Gasteiger partial charge in [-0.05, 0) is 129 Å². The van der Waals surface area contributed by atoms with Crippen molar-refractivity contribution in [2.24, 2.45) is 0 Å². The molecule has 0 amide bonds. The molecule has 0 N–H and O–H groups in total. The number of aromatic nitrogens is 4. The summed E-state index contributed by atoms with van der Waals surface area (Å²) in [5.41, 5.74) is 26.6. The van der Waals surface area contributed by atoms with E-state index in [2.05, 4.69) is 314 Å². The van der Waals surface area contributed by atoms with Crippen molar-refractivity contribution < 1.29 is 0 Å². The summed E-state index contributed by atoms with van der Waals surface area (Å²) in [6.45, 7) is 4.76. The Hall–Kier alpha value is -10.8. The number of anilines is 9. The lowest BCUT2D eigenvalue weighted by molar-refractivity contribution is 0.620. The summed E-state index contributed by atoms with van der Waals surface area (Å²) in [5.74, 6) is 0. The highest BCUT2D eigenvalue weighted by Gasteiger charge is 2.53. The van der Waals surface area contributed by atoms with E-state index in [-0.39, 0.29) is 5.41 Å². The van der Waals surface area contributed by atoms with E-state index >= 15 is 0 Å². The Bertz CT molecular complexity index is 4660. The van der Waals surface area contributed by atoms with Gasteiger partial charge in [0.15, 0.2) is 0 Å². The predicted molar refractivity (Wildman–Crippen MR) is 354 cm³/mol. The molecule has 0 atom stereocenters. The van der Waals surface area contributed by atoms with Crippen molar-refractivity contribution in [1.82, 2.24) is 18.7 Å². The second kappa shape index (κ2) is 19.4. The molecule has 2 aromatic heterocycles. The number of hydrogen-bond acceptors (Lipinski definition) is 8. The van der Waals surface area contributed by atoms with Crippen LogP contribution in [0.5, 0.6) is 0 Å². The molecule has 0 fully saturated rings. The van der Waals surface area contributed by atoms with Crippen LogP contribution in [0.3, 0.4) is 0 Å². The number of rotatable bonds is 8. The van der Waals surface area contributed by atoms with Crippen molar-refractivity contribution in [2.75, 3.05) is 14.7 Å². The average molecular weight is 1120 g/mol. The lowest BCUT2D eigenvalue weighted by atomic mass is 9.59. The Morgan fingerprint density at radius 3 is 1.12 bits per heavy atom. The third kappa shape index (κ3) is 7.26. The minimum Gasteiger partial charge on any atom is -0.311 e. The van der Waals surface area contributed by atoms with Gasteiger partial charge in [-0.3, -0.25) is 0 Å². The molecule has 14 aromatic rings. The maximum absolute atomic E-state index is 6.13. The van der Waals surface area contributed by atoms with Gasteiger partial charge in [-0.15, -0.1) is 0 Å². The Labute approximate surface area is 503 Å². The van der Waals surface area contributed by atoms with Gasteiger partial charge < -0.3 is 14.7 Å². The maximum atomic E-state index is 6.13. The van der Waals surface area contributed by atoms with Crippen LogP contribution in [-0.4, -0.2) is 18.7 Å². The first-order valence-corrected chi connectivity index (χ1v) is 30.0. The third-order valence-electron chi connectivity index (χ3n) is 18.1. The Morgan fingerprint density at radius 2 is 0.663 bits per heavy atom. The predicted octanol–water partition coefficient (Wildman–Crippen LogP) is 20.4. The van der Waals surface area contributed by atoms with Gasteiger partial charge in [-0.2, -0.15) is 8.75 Å². The molecule has 1 aliphatic carbocycles. The van der Waals surface area contributed by atoms with E-state index in [1.165, 1.54) is 45.4 Å². The molecule has 12 aromatic carbocycles. The number of nitrogens with zero attached hydrogens (tertiary/aromatic N) is 7. The highest BCUT2D eigenvalue weighted by Crippen LogP contribution is 2.66. The molecule has 3 aliphatic rings. The van der Waals surface area contributed by atoms with Gasteiger partial charge in [0.05, 0.1) is 45.6 Å². The van der Waals surface area contributed by atoms with Crippen molar-refractivity contribution >= 4 is 85.0 Å². The lowest BCUT2D eigenvalue weighted by Crippen LogP contribution is -2.42. The second-order valence-corrected chi connectivity index (χ2v) is 23.5. The minimum atomic E-state index is -0.810. The van der Waals surface area contributed by atoms with E-state index in [9.17, 15) is 0 Å². The summed E-state index contributed by atoms with van der Waals surface area (Å²) < 4.78 is 10.5. The fourth-order valence-electron chi connectivity index (χ4n) is 14.4. The van der Waals surface area contributed by atoms with Crippen LogP contribution >= 0.6 is 11.7 Å². The summed E-state index contributed by atoms with van der Waals surface area (Å²) in [5, 5.41) is 0. The molecule has 0 saturated carbocycles. The Kier molecular flexibility index (Phi) is 11.2. The molecule has 1 spiro atoms. The number of para-hydroxylation sites is 7. The van der Waals surface area contributed by atoms with Crippen molar-refractivity contribution in [1.29, 1.82) is 0 Å². The van der Waals surface area contributed by atoms with Gasteiger partial charge in [-0.25, -0.2) is 9.97 Å².